The average molecular weight is 186 g/mol. The van der Waals surface area contributed by atoms with Crippen molar-refractivity contribution in [1.82, 2.24) is 0 Å². The summed E-state index contributed by atoms with van der Waals surface area (Å²) in [5.41, 5.74) is 0. The third-order valence-electron chi connectivity index (χ3n) is 2.49. The van der Waals surface area contributed by atoms with E-state index in [4.69, 9.17) is 4.74 Å². The van der Waals surface area contributed by atoms with Crippen molar-refractivity contribution >= 4 is 5.78 Å². The van der Waals surface area contributed by atoms with E-state index in [1.165, 1.54) is 0 Å². The summed E-state index contributed by atoms with van der Waals surface area (Å²) in [7, 11) is 0. The fourth-order valence-corrected chi connectivity index (χ4v) is 1.59. The highest BCUT2D eigenvalue weighted by Gasteiger charge is 2.24. The molecule has 0 aliphatic carbocycles. The van der Waals surface area contributed by atoms with Crippen LogP contribution in [0, 0.1) is 5.92 Å². The molecule has 1 atom stereocenters. The number of rotatable bonds is 7. The third kappa shape index (κ3) is 3.90. The van der Waals surface area contributed by atoms with Gasteiger partial charge in [0.2, 0.25) is 0 Å². The fraction of sp³-hybridized carbons (Fsp3) is 0.909. The van der Waals surface area contributed by atoms with E-state index in [0.29, 0.717) is 18.9 Å². The van der Waals surface area contributed by atoms with Crippen molar-refractivity contribution in [2.75, 3.05) is 6.61 Å². The molecule has 0 aromatic rings. The predicted molar refractivity (Wildman–Crippen MR) is 54.8 cm³/mol. The van der Waals surface area contributed by atoms with Crippen molar-refractivity contribution in [3.63, 3.8) is 0 Å². The zero-order valence-electron chi connectivity index (χ0n) is 9.30. The smallest absolute Gasteiger partial charge is 0.161 e. The van der Waals surface area contributed by atoms with Gasteiger partial charge >= 0.3 is 0 Å². The average Bonchev–Trinajstić information content (AvgIpc) is 2.17. The van der Waals surface area contributed by atoms with Gasteiger partial charge in [0, 0.05) is 13.0 Å². The summed E-state index contributed by atoms with van der Waals surface area (Å²) in [5.74, 6) is 0.642. The van der Waals surface area contributed by atoms with E-state index in [-0.39, 0.29) is 11.9 Å². The van der Waals surface area contributed by atoms with Crippen LogP contribution >= 0.6 is 0 Å². The molecule has 1 unspecified atom stereocenters. The molecule has 0 heterocycles. The van der Waals surface area contributed by atoms with E-state index in [0.717, 1.165) is 12.8 Å². The monoisotopic (exact) mass is 186 g/mol. The lowest BCUT2D eigenvalue weighted by Gasteiger charge is -2.23. The standard InChI is InChI=1S/C11H22O2/c1-5-9(6-2)11(13-8-4)10(12)7-3/h9,11H,5-8H2,1-4H3. The summed E-state index contributed by atoms with van der Waals surface area (Å²) in [6.45, 7) is 8.70. The Labute approximate surface area is 81.7 Å². The molecule has 0 aliphatic rings. The molecule has 0 aromatic carbocycles. The van der Waals surface area contributed by atoms with Crippen molar-refractivity contribution in [1.29, 1.82) is 0 Å². The first-order chi connectivity index (χ1) is 6.21. The van der Waals surface area contributed by atoms with Gasteiger partial charge in [0.25, 0.3) is 0 Å². The number of hydrogen-bond donors (Lipinski definition) is 0. The summed E-state index contributed by atoms with van der Waals surface area (Å²) in [5, 5.41) is 0. The topological polar surface area (TPSA) is 26.3 Å². The van der Waals surface area contributed by atoms with Gasteiger partial charge in [0.1, 0.15) is 6.10 Å². The van der Waals surface area contributed by atoms with Crippen LogP contribution in [-0.2, 0) is 9.53 Å². The number of ketones is 1. The van der Waals surface area contributed by atoms with Crippen molar-refractivity contribution in [2.24, 2.45) is 5.92 Å². The second-order valence-corrected chi connectivity index (χ2v) is 3.27. The first-order valence-corrected chi connectivity index (χ1v) is 5.35. The van der Waals surface area contributed by atoms with Crippen LogP contribution in [0.1, 0.15) is 47.0 Å². The molecule has 0 radical (unpaired) electrons. The Bertz CT molecular complexity index is 139. The van der Waals surface area contributed by atoms with E-state index < -0.39 is 0 Å². The van der Waals surface area contributed by atoms with Crippen LogP contribution in [0.2, 0.25) is 0 Å². The molecule has 2 nitrogen and oxygen atoms in total. The van der Waals surface area contributed by atoms with Crippen molar-refractivity contribution in [3.8, 4) is 0 Å². The van der Waals surface area contributed by atoms with Gasteiger partial charge in [-0.25, -0.2) is 0 Å². The molecule has 0 spiro atoms. The molecule has 0 bridgehead atoms. The summed E-state index contributed by atoms with van der Waals surface area (Å²) in [6.07, 6.45) is 2.46. The number of carbonyl (C=O) groups excluding carboxylic acids is 1. The van der Waals surface area contributed by atoms with Crippen LogP contribution in [0.4, 0.5) is 0 Å². The fourth-order valence-electron chi connectivity index (χ4n) is 1.59. The van der Waals surface area contributed by atoms with E-state index in [1.54, 1.807) is 0 Å². The van der Waals surface area contributed by atoms with Gasteiger partial charge in [-0.2, -0.15) is 0 Å². The van der Waals surface area contributed by atoms with Crippen LogP contribution < -0.4 is 0 Å². The molecule has 0 saturated heterocycles. The molecule has 0 amide bonds. The first kappa shape index (κ1) is 12.6. The van der Waals surface area contributed by atoms with E-state index in [1.807, 2.05) is 13.8 Å². The Morgan fingerprint density at radius 2 is 1.69 bits per heavy atom. The molecule has 0 fully saturated rings. The van der Waals surface area contributed by atoms with Crippen molar-refractivity contribution < 1.29 is 9.53 Å². The highest BCUT2D eigenvalue weighted by Crippen LogP contribution is 2.18. The maximum Gasteiger partial charge on any atom is 0.161 e. The first-order valence-electron chi connectivity index (χ1n) is 5.35. The molecule has 78 valence electrons. The van der Waals surface area contributed by atoms with Crippen molar-refractivity contribution in [3.05, 3.63) is 0 Å². The van der Waals surface area contributed by atoms with Crippen LogP contribution in [-0.4, -0.2) is 18.5 Å². The van der Waals surface area contributed by atoms with Gasteiger partial charge in [-0.3, -0.25) is 4.79 Å². The second-order valence-electron chi connectivity index (χ2n) is 3.27. The summed E-state index contributed by atoms with van der Waals surface area (Å²) < 4.78 is 5.49. The highest BCUT2D eigenvalue weighted by molar-refractivity contribution is 5.83. The minimum absolute atomic E-state index is 0.162. The molecule has 0 N–H and O–H groups in total. The molecule has 0 saturated carbocycles. The minimum Gasteiger partial charge on any atom is -0.370 e. The van der Waals surface area contributed by atoms with Crippen LogP contribution in [0.25, 0.3) is 0 Å². The van der Waals surface area contributed by atoms with E-state index in [2.05, 4.69) is 13.8 Å². The van der Waals surface area contributed by atoms with Gasteiger partial charge in [-0.1, -0.05) is 33.6 Å². The number of ether oxygens (including phenoxy) is 1. The van der Waals surface area contributed by atoms with E-state index >= 15 is 0 Å². The van der Waals surface area contributed by atoms with Gasteiger partial charge in [0.05, 0.1) is 0 Å². The van der Waals surface area contributed by atoms with Gasteiger partial charge in [0.15, 0.2) is 5.78 Å². The van der Waals surface area contributed by atoms with Gasteiger partial charge in [-0.15, -0.1) is 0 Å². The number of hydrogen-bond acceptors (Lipinski definition) is 2. The van der Waals surface area contributed by atoms with Gasteiger partial charge in [-0.05, 0) is 12.8 Å². The summed E-state index contributed by atoms with van der Waals surface area (Å²) >= 11 is 0. The Balaban J connectivity index is 4.28. The Morgan fingerprint density at radius 1 is 1.15 bits per heavy atom. The van der Waals surface area contributed by atoms with E-state index in [9.17, 15) is 4.79 Å². The Kier molecular flexibility index (Phi) is 6.87. The summed E-state index contributed by atoms with van der Waals surface area (Å²) in [6, 6.07) is 0. The molecule has 2 heteroatoms. The lowest BCUT2D eigenvalue weighted by molar-refractivity contribution is -0.133. The Hall–Kier alpha value is -0.370. The molecule has 0 rings (SSSR count). The third-order valence-corrected chi connectivity index (χ3v) is 2.49. The number of carbonyl (C=O) groups is 1. The molecular formula is C11H22O2. The SMILES string of the molecule is CCOC(C(=O)CC)C(CC)CC. The maximum absolute atomic E-state index is 11.5. The molecule has 0 aromatic heterocycles. The van der Waals surface area contributed by atoms with Crippen LogP contribution in [0.5, 0.6) is 0 Å². The Morgan fingerprint density at radius 3 is 2.00 bits per heavy atom. The van der Waals surface area contributed by atoms with Gasteiger partial charge < -0.3 is 4.74 Å². The number of Topliss-reactive ketones (excluding diaryl/α,β-unsaturated/α-hetero) is 1. The predicted octanol–water partition coefficient (Wildman–Crippen LogP) is 2.81. The zero-order chi connectivity index (χ0) is 10.3. The van der Waals surface area contributed by atoms with Crippen LogP contribution in [0.3, 0.4) is 0 Å². The molecular weight excluding hydrogens is 164 g/mol. The minimum atomic E-state index is -0.162. The quantitative estimate of drug-likeness (QED) is 0.611. The van der Waals surface area contributed by atoms with Crippen LogP contribution in [0.15, 0.2) is 0 Å². The molecule has 0 aliphatic heterocycles. The second kappa shape index (κ2) is 7.07. The summed E-state index contributed by atoms with van der Waals surface area (Å²) in [4.78, 5) is 11.5. The highest BCUT2D eigenvalue weighted by atomic mass is 16.5. The lowest BCUT2D eigenvalue weighted by atomic mass is 9.92. The zero-order valence-corrected chi connectivity index (χ0v) is 9.30. The van der Waals surface area contributed by atoms with Crippen molar-refractivity contribution in [2.45, 2.75) is 53.1 Å². The maximum atomic E-state index is 11.5. The normalized spacial score (nSPS) is 13.3. The largest absolute Gasteiger partial charge is 0.370 e. The lowest BCUT2D eigenvalue weighted by Crippen LogP contribution is -2.31. The molecule has 13 heavy (non-hydrogen) atoms.